The Balaban J connectivity index is 1.26. The van der Waals surface area contributed by atoms with Gasteiger partial charge in [0.2, 0.25) is 5.91 Å². The highest BCUT2D eigenvalue weighted by atomic mass is 16.3. The maximum Gasteiger partial charge on any atom is 0.224 e. The second-order valence-electron chi connectivity index (χ2n) is 17.0. The van der Waals surface area contributed by atoms with Gasteiger partial charge < -0.3 is 20.3 Å². The summed E-state index contributed by atoms with van der Waals surface area (Å²) in [6.45, 7) is 10.6. The van der Waals surface area contributed by atoms with Crippen LogP contribution in [-0.4, -0.2) is 74.6 Å². The van der Waals surface area contributed by atoms with Crippen molar-refractivity contribution in [3.8, 4) is 0 Å². The molecular weight excluding hydrogens is 606 g/mol. The van der Waals surface area contributed by atoms with Gasteiger partial charge in [-0.05, 0) is 131 Å². The molecule has 7 heteroatoms. The van der Waals surface area contributed by atoms with Gasteiger partial charge in [0.25, 0.3) is 0 Å². The fraction of sp³-hybridized carbons (Fsp3) is 0.571. The van der Waals surface area contributed by atoms with Gasteiger partial charge >= 0.3 is 0 Å². The van der Waals surface area contributed by atoms with Gasteiger partial charge in [-0.3, -0.25) is 14.7 Å². The van der Waals surface area contributed by atoms with Crippen molar-refractivity contribution < 1.29 is 9.90 Å². The zero-order chi connectivity index (χ0) is 33.8. The monoisotopic (exact) mass is 661 g/mol. The fourth-order valence-electron chi connectivity index (χ4n) is 10.4. The van der Waals surface area contributed by atoms with Crippen molar-refractivity contribution in [1.82, 2.24) is 19.8 Å². The number of amides is 1. The number of nitrogens with one attached hydrogen (secondary N) is 2. The Bertz CT molecular complexity index is 1810. The summed E-state index contributed by atoms with van der Waals surface area (Å²) in [7, 11) is 0. The Hall–Kier alpha value is -3.26. The lowest BCUT2D eigenvalue weighted by atomic mass is 9.54. The largest absolute Gasteiger partial charge is 0.384 e. The number of anilines is 1. The van der Waals surface area contributed by atoms with E-state index in [1.165, 1.54) is 31.3 Å². The fourth-order valence-corrected chi connectivity index (χ4v) is 10.4. The van der Waals surface area contributed by atoms with E-state index in [4.69, 9.17) is 4.98 Å². The minimum absolute atomic E-state index is 0.0335. The Morgan fingerprint density at radius 3 is 2.69 bits per heavy atom. The summed E-state index contributed by atoms with van der Waals surface area (Å²) in [6.07, 6.45) is 25.2. The molecule has 260 valence electrons. The molecule has 1 aliphatic carbocycles. The van der Waals surface area contributed by atoms with Crippen LogP contribution in [0.3, 0.4) is 0 Å². The van der Waals surface area contributed by atoms with Gasteiger partial charge in [-0.1, -0.05) is 45.1 Å². The summed E-state index contributed by atoms with van der Waals surface area (Å²) in [5, 5.41) is 18.6. The van der Waals surface area contributed by atoms with Crippen LogP contribution in [0.5, 0.6) is 0 Å². The number of hydrogen-bond acceptors (Lipinski definition) is 5. The molecule has 2 aromatic heterocycles. The first-order chi connectivity index (χ1) is 23.6. The number of benzene rings is 1. The number of carbonyl (C=O) groups is 1. The molecule has 6 atom stereocenters. The van der Waals surface area contributed by atoms with E-state index in [1.807, 2.05) is 12.3 Å². The molecule has 1 spiro atoms. The van der Waals surface area contributed by atoms with Crippen molar-refractivity contribution in [3.05, 3.63) is 66.5 Å². The summed E-state index contributed by atoms with van der Waals surface area (Å²) in [6, 6.07) is 8.71. The van der Waals surface area contributed by atoms with Gasteiger partial charge in [-0.15, -0.1) is 0 Å². The topological polar surface area (TPSA) is 84.5 Å². The number of carbonyl (C=O) groups excluding carboxylic acids is 1. The number of hydrogen-bond donors (Lipinski definition) is 3. The van der Waals surface area contributed by atoms with Crippen molar-refractivity contribution in [2.24, 2.45) is 16.7 Å². The second kappa shape index (κ2) is 12.8. The molecule has 1 aromatic carbocycles. The van der Waals surface area contributed by atoms with E-state index in [-0.39, 0.29) is 22.8 Å². The van der Waals surface area contributed by atoms with Gasteiger partial charge in [0.1, 0.15) is 0 Å². The summed E-state index contributed by atoms with van der Waals surface area (Å²) in [5.41, 5.74) is 3.99. The summed E-state index contributed by atoms with van der Waals surface area (Å²) in [4.78, 5) is 27.2. The third-order valence-corrected chi connectivity index (χ3v) is 12.2. The van der Waals surface area contributed by atoms with E-state index < -0.39 is 5.60 Å². The average Bonchev–Trinajstić information content (AvgIpc) is 3.55. The summed E-state index contributed by atoms with van der Waals surface area (Å²) >= 11 is 0. The minimum Gasteiger partial charge on any atom is -0.384 e. The third-order valence-electron chi connectivity index (χ3n) is 12.2. The number of fused-ring (bicyclic) bond motifs is 5. The average molecular weight is 662 g/mol. The molecule has 5 aliphatic rings. The SMILES string of the molecule is CC(C)(C)CC(=O)Nc1ccc2[nH]c3c(C4=C[C@@]5(O)CC/C=C\CCCCN6CC[C@@H]4[C@]4(C[C@@H]7/C=C\CCCCN7[C@H]45)C6)nccc3c2c1. The predicted molar refractivity (Wildman–Crippen MR) is 200 cm³/mol. The molecule has 1 unspecified atom stereocenters. The lowest BCUT2D eigenvalue weighted by molar-refractivity contribution is -0.117. The van der Waals surface area contributed by atoms with Gasteiger partial charge in [0.15, 0.2) is 0 Å². The number of aromatic nitrogens is 2. The van der Waals surface area contributed by atoms with E-state index >= 15 is 0 Å². The molecule has 0 saturated carbocycles. The molecule has 4 aliphatic heterocycles. The minimum atomic E-state index is -0.963. The molecule has 1 amide bonds. The maximum atomic E-state index is 13.2. The number of rotatable bonds is 3. The van der Waals surface area contributed by atoms with E-state index in [0.717, 1.165) is 97.9 Å². The number of H-pyrrole nitrogens is 1. The van der Waals surface area contributed by atoms with Crippen molar-refractivity contribution in [1.29, 1.82) is 0 Å². The van der Waals surface area contributed by atoms with Crippen LogP contribution >= 0.6 is 0 Å². The number of aliphatic hydroxyl groups is 1. The Morgan fingerprint density at radius 1 is 1.02 bits per heavy atom. The van der Waals surface area contributed by atoms with Crippen molar-refractivity contribution in [2.45, 2.75) is 109 Å². The second-order valence-corrected chi connectivity index (χ2v) is 17.0. The van der Waals surface area contributed by atoms with Crippen LogP contribution in [0.15, 0.2) is 60.8 Å². The zero-order valence-electron chi connectivity index (χ0n) is 29.8. The van der Waals surface area contributed by atoms with E-state index in [1.54, 1.807) is 0 Å². The van der Waals surface area contributed by atoms with E-state index in [0.29, 0.717) is 18.4 Å². The molecule has 3 bridgehead atoms. The van der Waals surface area contributed by atoms with E-state index in [9.17, 15) is 9.90 Å². The van der Waals surface area contributed by atoms with Crippen LogP contribution < -0.4 is 5.32 Å². The molecular formula is C42H55N5O2. The maximum absolute atomic E-state index is 13.2. The number of nitrogens with zero attached hydrogens (tertiary/aromatic N) is 3. The zero-order valence-corrected chi connectivity index (χ0v) is 29.8. The molecule has 2 fully saturated rings. The number of pyridine rings is 1. The highest BCUT2D eigenvalue weighted by Crippen LogP contribution is 2.61. The van der Waals surface area contributed by atoms with Crippen molar-refractivity contribution in [3.63, 3.8) is 0 Å². The van der Waals surface area contributed by atoms with E-state index in [2.05, 4.69) is 89.5 Å². The van der Waals surface area contributed by atoms with Gasteiger partial charge in [0, 0.05) is 52.6 Å². The lowest BCUT2D eigenvalue weighted by Crippen LogP contribution is -2.65. The molecule has 49 heavy (non-hydrogen) atoms. The number of piperidine rings is 1. The third kappa shape index (κ3) is 6.10. The predicted octanol–water partition coefficient (Wildman–Crippen LogP) is 8.23. The van der Waals surface area contributed by atoms with Gasteiger partial charge in [-0.2, -0.15) is 0 Å². The normalized spacial score (nSPS) is 33.7. The molecule has 2 saturated heterocycles. The first-order valence-corrected chi connectivity index (χ1v) is 19.1. The van der Waals surface area contributed by atoms with Crippen molar-refractivity contribution >= 4 is 39.0 Å². The van der Waals surface area contributed by atoms with Crippen LogP contribution in [0.25, 0.3) is 27.4 Å². The van der Waals surface area contributed by atoms with Crippen LogP contribution in [-0.2, 0) is 4.79 Å². The smallest absolute Gasteiger partial charge is 0.224 e. The van der Waals surface area contributed by atoms with Crippen molar-refractivity contribution in [2.75, 3.05) is 31.5 Å². The number of aromatic amines is 1. The Labute approximate surface area is 291 Å². The standard InChI is InChI=1S/C42H55N5O2/c1-40(2,3)27-36(48)44-29-15-16-35-32(24-29)31-17-20-43-37(38(31)45-35)33-26-42(49)19-11-7-4-5-8-12-21-46-23-18-34(33)41(28-46)25-30-14-10-6-9-13-22-47(30)39(41)42/h4,7,10,14-17,20,24,26,30,34,39,45,49H,5-6,8-9,11-13,18-19,21-23,25,27-28H2,1-3H3,(H,44,48)/b7-4-,14-10-/t30-,34-,39+,41-,42-/m0/s1. The first kappa shape index (κ1) is 32.9. The highest BCUT2D eigenvalue weighted by Gasteiger charge is 2.65. The highest BCUT2D eigenvalue weighted by molar-refractivity contribution is 6.11. The van der Waals surface area contributed by atoms with Gasteiger partial charge in [0.05, 0.1) is 22.9 Å². The summed E-state index contributed by atoms with van der Waals surface area (Å²) in [5.74, 6) is 0.347. The molecule has 6 heterocycles. The quantitative estimate of drug-likeness (QED) is 0.246. The molecule has 8 rings (SSSR count). The van der Waals surface area contributed by atoms with Gasteiger partial charge in [-0.25, -0.2) is 0 Å². The van der Waals surface area contributed by atoms with Crippen LogP contribution in [0, 0.1) is 16.7 Å². The van der Waals surface area contributed by atoms with Crippen LogP contribution in [0.1, 0.15) is 97.1 Å². The Morgan fingerprint density at radius 2 is 1.84 bits per heavy atom. The summed E-state index contributed by atoms with van der Waals surface area (Å²) < 4.78 is 0. The van der Waals surface area contributed by atoms with Crippen LogP contribution in [0.4, 0.5) is 5.69 Å². The molecule has 3 N–H and O–H groups in total. The Kier molecular flexibility index (Phi) is 8.61. The number of allylic oxidation sites excluding steroid dienone is 4. The molecule has 0 radical (unpaired) electrons. The van der Waals surface area contributed by atoms with Crippen LogP contribution in [0.2, 0.25) is 0 Å². The molecule has 3 aromatic rings. The lowest BCUT2D eigenvalue weighted by Gasteiger charge is -2.58. The first-order valence-electron chi connectivity index (χ1n) is 19.1. The molecule has 7 nitrogen and oxygen atoms in total.